The zero-order valence-electron chi connectivity index (χ0n) is 10.2. The van der Waals surface area contributed by atoms with Crippen molar-refractivity contribution in [2.75, 3.05) is 17.7 Å². The van der Waals surface area contributed by atoms with Crippen LogP contribution in [0.3, 0.4) is 0 Å². The summed E-state index contributed by atoms with van der Waals surface area (Å²) in [6.45, 7) is 2.74. The first-order valence-corrected chi connectivity index (χ1v) is 6.33. The number of nitrogens with zero attached hydrogens (tertiary/aromatic N) is 3. The van der Waals surface area contributed by atoms with Gasteiger partial charge in [0.05, 0.1) is 0 Å². The van der Waals surface area contributed by atoms with Crippen LogP contribution in [0.15, 0.2) is 29.3 Å². The third-order valence-corrected chi connectivity index (χ3v) is 3.37. The van der Waals surface area contributed by atoms with Crippen molar-refractivity contribution in [3.8, 4) is 0 Å². The maximum Gasteiger partial charge on any atom is 0.146 e. The lowest BCUT2D eigenvalue weighted by molar-refractivity contribution is 1.04. The standard InChI is InChI=1S/C12H14BrN5/c1-8-3-4-15-5-9(8)6-16-12-10(13)11(14-2)17-7-18-12/h3-5,7H,6H2,1-2H3,(H2,14,16,17,18). The van der Waals surface area contributed by atoms with Crippen LogP contribution in [0.25, 0.3) is 0 Å². The van der Waals surface area contributed by atoms with Gasteiger partial charge in [-0.3, -0.25) is 4.98 Å². The summed E-state index contributed by atoms with van der Waals surface area (Å²) in [6, 6.07) is 1.99. The van der Waals surface area contributed by atoms with Gasteiger partial charge in [0.25, 0.3) is 0 Å². The van der Waals surface area contributed by atoms with Crippen molar-refractivity contribution in [3.63, 3.8) is 0 Å². The first kappa shape index (κ1) is 12.8. The molecule has 0 fully saturated rings. The first-order chi connectivity index (χ1) is 8.72. The number of anilines is 2. The van der Waals surface area contributed by atoms with Gasteiger partial charge in [-0.2, -0.15) is 0 Å². The van der Waals surface area contributed by atoms with Crippen molar-refractivity contribution in [3.05, 3.63) is 40.4 Å². The summed E-state index contributed by atoms with van der Waals surface area (Å²) in [6.07, 6.45) is 5.17. The van der Waals surface area contributed by atoms with Crippen LogP contribution in [0.2, 0.25) is 0 Å². The molecule has 18 heavy (non-hydrogen) atoms. The minimum atomic E-state index is 0.679. The summed E-state index contributed by atoms with van der Waals surface area (Å²) in [5, 5.41) is 6.26. The van der Waals surface area contributed by atoms with Gasteiger partial charge in [0, 0.05) is 26.0 Å². The summed E-state index contributed by atoms with van der Waals surface area (Å²) in [4.78, 5) is 12.4. The smallest absolute Gasteiger partial charge is 0.146 e. The van der Waals surface area contributed by atoms with Gasteiger partial charge in [-0.05, 0) is 40.0 Å². The van der Waals surface area contributed by atoms with Gasteiger partial charge in [0.15, 0.2) is 0 Å². The van der Waals surface area contributed by atoms with Gasteiger partial charge < -0.3 is 10.6 Å². The number of aryl methyl sites for hydroxylation is 1. The van der Waals surface area contributed by atoms with Gasteiger partial charge in [-0.25, -0.2) is 9.97 Å². The molecule has 94 valence electrons. The van der Waals surface area contributed by atoms with Crippen molar-refractivity contribution >= 4 is 27.6 Å². The van der Waals surface area contributed by atoms with Crippen molar-refractivity contribution in [2.45, 2.75) is 13.5 Å². The maximum atomic E-state index is 4.20. The highest BCUT2D eigenvalue weighted by molar-refractivity contribution is 9.10. The van der Waals surface area contributed by atoms with E-state index in [0.29, 0.717) is 6.54 Å². The van der Waals surface area contributed by atoms with E-state index in [1.807, 2.05) is 19.3 Å². The third-order valence-electron chi connectivity index (χ3n) is 2.62. The molecule has 0 aliphatic carbocycles. The summed E-state index contributed by atoms with van der Waals surface area (Å²) in [5.74, 6) is 1.52. The minimum Gasteiger partial charge on any atom is -0.372 e. The number of hydrogen-bond acceptors (Lipinski definition) is 5. The molecule has 2 aromatic heterocycles. The molecule has 0 aliphatic rings. The first-order valence-electron chi connectivity index (χ1n) is 5.54. The summed E-state index contributed by atoms with van der Waals surface area (Å²) in [5.41, 5.74) is 2.35. The van der Waals surface area contributed by atoms with Crippen molar-refractivity contribution in [2.24, 2.45) is 0 Å². The van der Waals surface area contributed by atoms with E-state index in [4.69, 9.17) is 0 Å². The van der Waals surface area contributed by atoms with Crippen LogP contribution in [0.5, 0.6) is 0 Å². The molecule has 2 N–H and O–H groups in total. The Hall–Kier alpha value is -1.69. The summed E-state index contributed by atoms with van der Waals surface area (Å²) < 4.78 is 0.828. The van der Waals surface area contributed by atoms with Crippen LogP contribution in [0.1, 0.15) is 11.1 Å². The average Bonchev–Trinajstić information content (AvgIpc) is 2.39. The highest BCUT2D eigenvalue weighted by Gasteiger charge is 2.07. The van der Waals surface area contributed by atoms with Gasteiger partial charge in [-0.15, -0.1) is 0 Å². The van der Waals surface area contributed by atoms with Gasteiger partial charge in [0.2, 0.25) is 0 Å². The molecule has 0 saturated carbocycles. The molecule has 5 nitrogen and oxygen atoms in total. The van der Waals surface area contributed by atoms with Gasteiger partial charge in [0.1, 0.15) is 22.4 Å². The zero-order valence-corrected chi connectivity index (χ0v) is 11.8. The third kappa shape index (κ3) is 2.76. The molecule has 0 radical (unpaired) electrons. The Balaban J connectivity index is 2.14. The average molecular weight is 308 g/mol. The maximum absolute atomic E-state index is 4.20. The topological polar surface area (TPSA) is 62.7 Å². The molecule has 0 bridgehead atoms. The van der Waals surface area contributed by atoms with E-state index in [2.05, 4.69) is 48.4 Å². The Morgan fingerprint density at radius 3 is 2.78 bits per heavy atom. The highest BCUT2D eigenvalue weighted by Crippen LogP contribution is 2.26. The highest BCUT2D eigenvalue weighted by atomic mass is 79.9. The van der Waals surface area contributed by atoms with Crippen LogP contribution in [0.4, 0.5) is 11.6 Å². The predicted octanol–water partition coefficient (Wildman–Crippen LogP) is 2.60. The van der Waals surface area contributed by atoms with Gasteiger partial charge in [-0.1, -0.05) is 0 Å². The molecule has 0 unspecified atom stereocenters. The molecule has 2 rings (SSSR count). The molecule has 2 aromatic rings. The SMILES string of the molecule is CNc1ncnc(NCc2cnccc2C)c1Br. The lowest BCUT2D eigenvalue weighted by Crippen LogP contribution is -2.06. The molecule has 0 amide bonds. The molecule has 0 atom stereocenters. The second-order valence-electron chi connectivity index (χ2n) is 3.79. The fraction of sp³-hybridized carbons (Fsp3) is 0.250. The number of pyridine rings is 1. The minimum absolute atomic E-state index is 0.679. The van der Waals surface area contributed by atoms with Crippen LogP contribution in [0, 0.1) is 6.92 Å². The van der Waals surface area contributed by atoms with Crippen LogP contribution < -0.4 is 10.6 Å². The number of nitrogens with one attached hydrogen (secondary N) is 2. The summed E-state index contributed by atoms with van der Waals surface area (Å²) in [7, 11) is 1.82. The largest absolute Gasteiger partial charge is 0.372 e. The molecule has 2 heterocycles. The van der Waals surface area contributed by atoms with E-state index in [-0.39, 0.29) is 0 Å². The monoisotopic (exact) mass is 307 g/mol. The van der Waals surface area contributed by atoms with Gasteiger partial charge >= 0.3 is 0 Å². The zero-order chi connectivity index (χ0) is 13.0. The predicted molar refractivity (Wildman–Crippen MR) is 75.6 cm³/mol. The number of aromatic nitrogens is 3. The fourth-order valence-corrected chi connectivity index (χ4v) is 2.07. The lowest BCUT2D eigenvalue weighted by Gasteiger charge is -2.10. The van der Waals surface area contributed by atoms with Crippen LogP contribution in [-0.4, -0.2) is 22.0 Å². The summed E-state index contributed by atoms with van der Waals surface area (Å²) >= 11 is 3.47. The van der Waals surface area contributed by atoms with E-state index in [1.54, 1.807) is 6.20 Å². The molecular weight excluding hydrogens is 294 g/mol. The fourth-order valence-electron chi connectivity index (χ4n) is 1.53. The van der Waals surface area contributed by atoms with Crippen molar-refractivity contribution in [1.29, 1.82) is 0 Å². The Morgan fingerprint density at radius 2 is 2.06 bits per heavy atom. The Kier molecular flexibility index (Phi) is 4.09. The van der Waals surface area contributed by atoms with Crippen molar-refractivity contribution < 1.29 is 0 Å². The van der Waals surface area contributed by atoms with Crippen LogP contribution >= 0.6 is 15.9 Å². The van der Waals surface area contributed by atoms with E-state index >= 15 is 0 Å². The van der Waals surface area contributed by atoms with E-state index in [1.165, 1.54) is 11.9 Å². The van der Waals surface area contributed by atoms with Crippen molar-refractivity contribution in [1.82, 2.24) is 15.0 Å². The Labute approximate surface area is 114 Å². The molecule has 0 saturated heterocycles. The molecular formula is C12H14BrN5. The molecule has 6 heteroatoms. The lowest BCUT2D eigenvalue weighted by atomic mass is 10.1. The molecule has 0 aliphatic heterocycles. The number of halogens is 1. The number of rotatable bonds is 4. The second-order valence-corrected chi connectivity index (χ2v) is 4.58. The number of hydrogen-bond donors (Lipinski definition) is 2. The Morgan fingerprint density at radius 1 is 1.28 bits per heavy atom. The van der Waals surface area contributed by atoms with E-state index in [9.17, 15) is 0 Å². The quantitative estimate of drug-likeness (QED) is 0.909. The molecule has 0 aromatic carbocycles. The normalized spacial score (nSPS) is 10.2. The van der Waals surface area contributed by atoms with E-state index < -0.39 is 0 Å². The second kappa shape index (κ2) is 5.77. The Bertz CT molecular complexity index is 544. The molecule has 0 spiro atoms. The van der Waals surface area contributed by atoms with E-state index in [0.717, 1.165) is 21.7 Å². The van der Waals surface area contributed by atoms with Crippen LogP contribution in [-0.2, 0) is 6.54 Å².